The molecule has 3 aromatic rings. The van der Waals surface area contributed by atoms with Gasteiger partial charge in [-0.2, -0.15) is 0 Å². The second-order valence-electron chi connectivity index (χ2n) is 5.41. The molecule has 1 aromatic heterocycles. The molecule has 9 heteroatoms. The van der Waals surface area contributed by atoms with E-state index < -0.39 is 5.25 Å². The van der Waals surface area contributed by atoms with Gasteiger partial charge >= 0.3 is 0 Å². The number of carbonyl (C=O) groups excluding carboxylic acids is 1. The second kappa shape index (κ2) is 7.76. The Hall–Kier alpha value is -2.58. The molecule has 134 valence electrons. The van der Waals surface area contributed by atoms with Crippen LogP contribution in [0.4, 0.5) is 10.1 Å². The van der Waals surface area contributed by atoms with E-state index in [1.165, 1.54) is 28.9 Å². The number of nitrogens with one attached hydrogen (secondary N) is 1. The van der Waals surface area contributed by atoms with E-state index in [0.717, 1.165) is 11.8 Å². The van der Waals surface area contributed by atoms with E-state index in [9.17, 15) is 9.18 Å². The molecule has 0 saturated heterocycles. The molecule has 1 amide bonds. The molecule has 1 atom stereocenters. The standard InChI is InChI=1S/C17H15ClFN5OS/c1-10(16(25)21-12-8-6-11(19)7-9-12)26-17-23-22-15(24(17)20)13-4-2-3-5-14(13)18/h2-10H,20H2,1H3,(H,21,25)/t10-/m1/s1. The van der Waals surface area contributed by atoms with Crippen LogP contribution in [-0.2, 0) is 4.79 Å². The topological polar surface area (TPSA) is 85.8 Å². The number of halogens is 2. The zero-order valence-corrected chi connectivity index (χ0v) is 15.3. The molecule has 3 rings (SSSR count). The number of benzene rings is 2. The van der Waals surface area contributed by atoms with Gasteiger partial charge in [0.15, 0.2) is 5.82 Å². The Morgan fingerprint density at radius 1 is 1.23 bits per heavy atom. The van der Waals surface area contributed by atoms with E-state index in [4.69, 9.17) is 17.4 Å². The lowest BCUT2D eigenvalue weighted by atomic mass is 10.2. The number of nitrogen functional groups attached to an aromatic ring is 1. The first-order valence-corrected chi connectivity index (χ1v) is 8.90. The minimum absolute atomic E-state index is 0.260. The predicted octanol–water partition coefficient (Wildman–Crippen LogP) is 3.57. The van der Waals surface area contributed by atoms with Gasteiger partial charge in [0.1, 0.15) is 5.82 Å². The molecule has 0 spiro atoms. The molecule has 0 aliphatic rings. The number of aromatic nitrogens is 3. The summed E-state index contributed by atoms with van der Waals surface area (Å²) >= 11 is 7.32. The Morgan fingerprint density at radius 2 is 1.92 bits per heavy atom. The molecular weight excluding hydrogens is 377 g/mol. The normalized spacial score (nSPS) is 12.0. The summed E-state index contributed by atoms with van der Waals surface area (Å²) in [5.74, 6) is 5.84. The Bertz CT molecular complexity index is 931. The third kappa shape index (κ3) is 3.97. The number of rotatable bonds is 5. The van der Waals surface area contributed by atoms with Crippen molar-refractivity contribution in [2.75, 3.05) is 11.2 Å². The van der Waals surface area contributed by atoms with Gasteiger partial charge in [0.2, 0.25) is 11.1 Å². The second-order valence-corrected chi connectivity index (χ2v) is 7.13. The smallest absolute Gasteiger partial charge is 0.237 e. The molecule has 0 bridgehead atoms. The van der Waals surface area contributed by atoms with E-state index in [1.807, 2.05) is 6.07 Å². The highest BCUT2D eigenvalue weighted by atomic mass is 35.5. The molecule has 3 N–H and O–H groups in total. The summed E-state index contributed by atoms with van der Waals surface area (Å²) in [7, 11) is 0. The van der Waals surface area contributed by atoms with Crippen LogP contribution in [0.15, 0.2) is 53.7 Å². The molecule has 26 heavy (non-hydrogen) atoms. The lowest BCUT2D eigenvalue weighted by molar-refractivity contribution is -0.115. The molecule has 0 aliphatic heterocycles. The summed E-state index contributed by atoms with van der Waals surface area (Å²) in [4.78, 5) is 12.3. The monoisotopic (exact) mass is 391 g/mol. The number of amides is 1. The number of hydrogen-bond donors (Lipinski definition) is 2. The van der Waals surface area contributed by atoms with Gasteiger partial charge < -0.3 is 11.2 Å². The minimum atomic E-state index is -0.495. The number of nitrogens with two attached hydrogens (primary N) is 1. The van der Waals surface area contributed by atoms with Crippen LogP contribution in [-0.4, -0.2) is 26.0 Å². The van der Waals surface area contributed by atoms with E-state index in [1.54, 1.807) is 25.1 Å². The Balaban J connectivity index is 1.71. The number of nitrogens with zero attached hydrogens (tertiary/aromatic N) is 3. The maximum Gasteiger partial charge on any atom is 0.237 e. The minimum Gasteiger partial charge on any atom is -0.335 e. The molecule has 0 aliphatic carbocycles. The predicted molar refractivity (Wildman–Crippen MR) is 101 cm³/mol. The zero-order valence-electron chi connectivity index (χ0n) is 13.7. The molecule has 0 radical (unpaired) electrons. The van der Waals surface area contributed by atoms with E-state index in [0.29, 0.717) is 27.3 Å². The van der Waals surface area contributed by atoms with Gasteiger partial charge in [-0.15, -0.1) is 10.2 Å². The summed E-state index contributed by atoms with van der Waals surface area (Å²) in [5.41, 5.74) is 1.16. The zero-order chi connectivity index (χ0) is 18.7. The van der Waals surface area contributed by atoms with Crippen LogP contribution in [0.5, 0.6) is 0 Å². The molecular formula is C17H15ClFN5OS. The maximum atomic E-state index is 12.9. The maximum absolute atomic E-state index is 12.9. The first kappa shape index (κ1) is 18.2. The fourth-order valence-electron chi connectivity index (χ4n) is 2.17. The largest absolute Gasteiger partial charge is 0.335 e. The fourth-order valence-corrected chi connectivity index (χ4v) is 3.16. The highest BCUT2D eigenvalue weighted by Crippen LogP contribution is 2.29. The molecule has 0 fully saturated rings. The summed E-state index contributed by atoms with van der Waals surface area (Å²) < 4.78 is 14.2. The lowest BCUT2D eigenvalue weighted by Crippen LogP contribution is -2.23. The number of hydrogen-bond acceptors (Lipinski definition) is 5. The first-order chi connectivity index (χ1) is 12.5. The van der Waals surface area contributed by atoms with Crippen molar-refractivity contribution < 1.29 is 9.18 Å². The van der Waals surface area contributed by atoms with Gasteiger partial charge in [0, 0.05) is 11.3 Å². The van der Waals surface area contributed by atoms with Gasteiger partial charge in [0.25, 0.3) is 0 Å². The summed E-state index contributed by atoms with van der Waals surface area (Å²) in [6, 6.07) is 12.7. The van der Waals surface area contributed by atoms with Crippen molar-refractivity contribution in [2.24, 2.45) is 0 Å². The first-order valence-electron chi connectivity index (χ1n) is 7.64. The van der Waals surface area contributed by atoms with Crippen LogP contribution in [0.1, 0.15) is 6.92 Å². The van der Waals surface area contributed by atoms with E-state index in [-0.39, 0.29) is 11.7 Å². The van der Waals surface area contributed by atoms with Crippen LogP contribution < -0.4 is 11.2 Å². The van der Waals surface area contributed by atoms with Crippen molar-refractivity contribution in [3.8, 4) is 11.4 Å². The van der Waals surface area contributed by atoms with E-state index in [2.05, 4.69) is 15.5 Å². The molecule has 0 saturated carbocycles. The molecule has 0 unspecified atom stereocenters. The summed E-state index contributed by atoms with van der Waals surface area (Å²) in [6.45, 7) is 1.72. The Morgan fingerprint density at radius 3 is 2.62 bits per heavy atom. The van der Waals surface area contributed by atoms with Crippen molar-refractivity contribution in [1.82, 2.24) is 14.9 Å². The highest BCUT2D eigenvalue weighted by molar-refractivity contribution is 8.00. The molecule has 2 aromatic carbocycles. The average Bonchev–Trinajstić information content (AvgIpc) is 2.98. The average molecular weight is 392 g/mol. The van der Waals surface area contributed by atoms with Crippen molar-refractivity contribution in [3.63, 3.8) is 0 Å². The lowest BCUT2D eigenvalue weighted by Gasteiger charge is -2.11. The van der Waals surface area contributed by atoms with E-state index >= 15 is 0 Å². The Kier molecular flexibility index (Phi) is 5.43. The summed E-state index contributed by atoms with van der Waals surface area (Å²) in [6.07, 6.45) is 0. The van der Waals surface area contributed by atoms with Crippen molar-refractivity contribution in [1.29, 1.82) is 0 Å². The van der Waals surface area contributed by atoms with Gasteiger partial charge in [-0.3, -0.25) is 4.79 Å². The van der Waals surface area contributed by atoms with Crippen LogP contribution in [0.2, 0.25) is 5.02 Å². The number of anilines is 1. The molecule has 1 heterocycles. The van der Waals surface area contributed by atoms with Gasteiger partial charge in [0.05, 0.1) is 10.3 Å². The SMILES string of the molecule is C[C@@H](Sc1nnc(-c2ccccc2Cl)n1N)C(=O)Nc1ccc(F)cc1. The third-order valence-corrected chi connectivity index (χ3v) is 4.93. The van der Waals surface area contributed by atoms with Gasteiger partial charge in [-0.25, -0.2) is 9.07 Å². The van der Waals surface area contributed by atoms with Crippen molar-refractivity contribution >= 4 is 35.0 Å². The third-order valence-electron chi connectivity index (χ3n) is 3.54. The quantitative estimate of drug-likeness (QED) is 0.513. The fraction of sp³-hybridized carbons (Fsp3) is 0.118. The van der Waals surface area contributed by atoms with Crippen LogP contribution in [0.3, 0.4) is 0 Å². The van der Waals surface area contributed by atoms with Gasteiger partial charge in [-0.1, -0.05) is 35.5 Å². The summed E-state index contributed by atoms with van der Waals surface area (Å²) in [5, 5.41) is 11.2. The van der Waals surface area contributed by atoms with Crippen molar-refractivity contribution in [3.05, 3.63) is 59.4 Å². The number of carbonyl (C=O) groups is 1. The van der Waals surface area contributed by atoms with Gasteiger partial charge in [-0.05, 0) is 43.3 Å². The van der Waals surface area contributed by atoms with Crippen LogP contribution in [0, 0.1) is 5.82 Å². The molecule has 6 nitrogen and oxygen atoms in total. The number of thioether (sulfide) groups is 1. The Labute approximate surface area is 158 Å². The van der Waals surface area contributed by atoms with Crippen LogP contribution in [0.25, 0.3) is 11.4 Å². The van der Waals surface area contributed by atoms with Crippen LogP contribution >= 0.6 is 23.4 Å². The van der Waals surface area contributed by atoms with Crippen molar-refractivity contribution in [2.45, 2.75) is 17.3 Å². The highest BCUT2D eigenvalue weighted by Gasteiger charge is 2.20.